The van der Waals surface area contributed by atoms with Crippen LogP contribution in [0.1, 0.15) is 39.2 Å². The van der Waals surface area contributed by atoms with E-state index < -0.39 is 23.2 Å². The van der Waals surface area contributed by atoms with E-state index in [4.69, 9.17) is 16.3 Å². The fraction of sp³-hybridized carbons (Fsp3) is 0.529. The molecule has 2 rings (SSSR count). The fourth-order valence-electron chi connectivity index (χ4n) is 2.88. The number of benzene rings is 1. The smallest absolute Gasteiger partial charge is 0.411 e. The van der Waals surface area contributed by atoms with E-state index >= 15 is 0 Å². The minimum Gasteiger partial charge on any atom is -0.479 e. The summed E-state index contributed by atoms with van der Waals surface area (Å²) in [6.07, 6.45) is 0.702. The summed E-state index contributed by atoms with van der Waals surface area (Å²) in [7, 11) is 0. The van der Waals surface area contributed by atoms with Gasteiger partial charge in [-0.2, -0.15) is 0 Å². The van der Waals surface area contributed by atoms with Gasteiger partial charge in [0.25, 0.3) is 0 Å². The molecule has 1 saturated heterocycles. The van der Waals surface area contributed by atoms with Gasteiger partial charge in [0.1, 0.15) is 11.1 Å². The summed E-state index contributed by atoms with van der Waals surface area (Å²) < 4.78 is 5.39. The highest BCUT2D eigenvalue weighted by molar-refractivity contribution is 6.30. The lowest BCUT2D eigenvalue weighted by atomic mass is 9.88. The zero-order valence-electron chi connectivity index (χ0n) is 13.6. The molecule has 0 aliphatic carbocycles. The zero-order valence-corrected chi connectivity index (χ0v) is 14.4. The molecule has 0 bridgehead atoms. The van der Waals surface area contributed by atoms with Crippen molar-refractivity contribution in [1.82, 2.24) is 4.90 Å². The predicted octanol–water partition coefficient (Wildman–Crippen LogP) is 3.74. The first-order chi connectivity index (χ1) is 10.6. The molecule has 1 aromatic rings. The lowest BCUT2D eigenvalue weighted by Gasteiger charge is -2.36. The van der Waals surface area contributed by atoms with Crippen molar-refractivity contribution in [2.45, 2.75) is 51.2 Å². The number of halogens is 1. The van der Waals surface area contributed by atoms with Crippen LogP contribution in [0.2, 0.25) is 5.02 Å². The van der Waals surface area contributed by atoms with Gasteiger partial charge in [-0.1, -0.05) is 23.7 Å². The number of carbonyl (C=O) groups is 2. The van der Waals surface area contributed by atoms with Crippen LogP contribution in [-0.4, -0.2) is 39.8 Å². The number of rotatable bonds is 3. The topological polar surface area (TPSA) is 66.8 Å². The van der Waals surface area contributed by atoms with Crippen LogP contribution in [0.25, 0.3) is 0 Å². The Morgan fingerprint density at radius 2 is 1.91 bits per heavy atom. The third kappa shape index (κ3) is 3.96. The van der Waals surface area contributed by atoms with Crippen LogP contribution in [0, 0.1) is 0 Å². The Balaban J connectivity index is 2.29. The van der Waals surface area contributed by atoms with E-state index in [0.717, 1.165) is 5.56 Å². The minimum absolute atomic E-state index is 0.235. The SMILES string of the molecule is CC(C)(C)OC(=O)N1CCCC1(Cc1ccc(Cl)cc1)C(=O)O. The van der Waals surface area contributed by atoms with Crippen molar-refractivity contribution in [3.63, 3.8) is 0 Å². The number of carboxylic acids is 1. The van der Waals surface area contributed by atoms with Gasteiger partial charge in [0.2, 0.25) is 0 Å². The first-order valence-electron chi connectivity index (χ1n) is 7.62. The third-order valence-corrected chi connectivity index (χ3v) is 4.16. The molecule has 1 fully saturated rings. The second-order valence-electron chi connectivity index (χ2n) is 6.88. The van der Waals surface area contributed by atoms with Crippen molar-refractivity contribution in [3.8, 4) is 0 Å². The summed E-state index contributed by atoms with van der Waals surface area (Å²) in [5, 5.41) is 10.4. The predicted molar refractivity (Wildman–Crippen MR) is 87.7 cm³/mol. The maximum Gasteiger partial charge on any atom is 0.411 e. The monoisotopic (exact) mass is 339 g/mol. The van der Waals surface area contributed by atoms with Crippen LogP contribution in [0.5, 0.6) is 0 Å². The van der Waals surface area contributed by atoms with E-state index in [1.165, 1.54) is 4.90 Å². The van der Waals surface area contributed by atoms with E-state index in [-0.39, 0.29) is 6.42 Å². The van der Waals surface area contributed by atoms with Gasteiger partial charge in [-0.25, -0.2) is 9.59 Å². The number of carbonyl (C=O) groups excluding carboxylic acids is 1. The average Bonchev–Trinajstić information content (AvgIpc) is 2.84. The maximum absolute atomic E-state index is 12.4. The number of aliphatic carboxylic acids is 1. The molecule has 0 saturated carbocycles. The van der Waals surface area contributed by atoms with Crippen molar-refractivity contribution in [3.05, 3.63) is 34.9 Å². The molecule has 1 atom stereocenters. The molecule has 1 unspecified atom stereocenters. The molecular formula is C17H22ClNO4. The van der Waals surface area contributed by atoms with E-state index in [0.29, 0.717) is 24.4 Å². The summed E-state index contributed by atoms with van der Waals surface area (Å²) in [6.45, 7) is 5.68. The quantitative estimate of drug-likeness (QED) is 0.911. The highest BCUT2D eigenvalue weighted by Crippen LogP contribution is 2.34. The number of ether oxygens (including phenoxy) is 1. The largest absolute Gasteiger partial charge is 0.479 e. The first kappa shape index (κ1) is 17.6. The molecule has 1 aliphatic rings. The van der Waals surface area contributed by atoms with Crippen LogP contribution >= 0.6 is 11.6 Å². The van der Waals surface area contributed by atoms with Crippen LogP contribution < -0.4 is 0 Å². The van der Waals surface area contributed by atoms with Crippen molar-refractivity contribution in [2.24, 2.45) is 0 Å². The number of nitrogens with zero attached hydrogens (tertiary/aromatic N) is 1. The Labute approximate surface area is 141 Å². The van der Waals surface area contributed by atoms with Crippen molar-refractivity contribution in [2.75, 3.05) is 6.54 Å². The second kappa shape index (κ2) is 6.40. The summed E-state index contributed by atoms with van der Waals surface area (Å²) in [4.78, 5) is 25.8. The van der Waals surface area contributed by atoms with Gasteiger partial charge < -0.3 is 9.84 Å². The zero-order chi connectivity index (χ0) is 17.3. The molecule has 0 aromatic heterocycles. The Morgan fingerprint density at radius 1 is 1.30 bits per heavy atom. The highest BCUT2D eigenvalue weighted by atomic mass is 35.5. The van der Waals surface area contributed by atoms with Crippen molar-refractivity contribution < 1.29 is 19.4 Å². The molecule has 1 N–H and O–H groups in total. The number of hydrogen-bond donors (Lipinski definition) is 1. The fourth-order valence-corrected chi connectivity index (χ4v) is 3.01. The standard InChI is InChI=1S/C17H22ClNO4/c1-16(2,3)23-15(22)19-10-4-9-17(19,14(20)21)11-12-5-7-13(18)8-6-12/h5-8H,4,9-11H2,1-3H3,(H,20,21). The van der Waals surface area contributed by atoms with Gasteiger partial charge in [-0.05, 0) is 51.3 Å². The van der Waals surface area contributed by atoms with E-state index in [1.807, 2.05) is 0 Å². The highest BCUT2D eigenvalue weighted by Gasteiger charge is 2.51. The summed E-state index contributed by atoms with van der Waals surface area (Å²) >= 11 is 5.88. The molecule has 126 valence electrons. The Bertz CT molecular complexity index is 594. The van der Waals surface area contributed by atoms with Crippen molar-refractivity contribution in [1.29, 1.82) is 0 Å². The molecule has 0 radical (unpaired) electrons. The summed E-state index contributed by atoms with van der Waals surface area (Å²) in [6, 6.07) is 7.02. The molecular weight excluding hydrogens is 318 g/mol. The molecule has 6 heteroatoms. The van der Waals surface area contributed by atoms with E-state index in [9.17, 15) is 14.7 Å². The van der Waals surface area contributed by atoms with Gasteiger partial charge in [0.05, 0.1) is 0 Å². The van der Waals surface area contributed by atoms with Gasteiger partial charge in [-0.3, -0.25) is 4.90 Å². The van der Waals surface area contributed by atoms with Crippen LogP contribution in [0.15, 0.2) is 24.3 Å². The van der Waals surface area contributed by atoms with Crippen molar-refractivity contribution >= 4 is 23.7 Å². The summed E-state index contributed by atoms with van der Waals surface area (Å²) in [5.41, 5.74) is -1.10. The number of likely N-dealkylation sites (tertiary alicyclic amines) is 1. The summed E-state index contributed by atoms with van der Waals surface area (Å²) in [5.74, 6) is -1.00. The average molecular weight is 340 g/mol. The second-order valence-corrected chi connectivity index (χ2v) is 7.31. The first-order valence-corrected chi connectivity index (χ1v) is 8.00. The van der Waals surface area contributed by atoms with Gasteiger partial charge in [-0.15, -0.1) is 0 Å². The lowest BCUT2D eigenvalue weighted by molar-refractivity contribution is -0.149. The van der Waals surface area contributed by atoms with Crippen LogP contribution in [0.4, 0.5) is 4.79 Å². The maximum atomic E-state index is 12.4. The van der Waals surface area contributed by atoms with Gasteiger partial charge >= 0.3 is 12.1 Å². The Morgan fingerprint density at radius 3 is 2.43 bits per heavy atom. The normalized spacial score (nSPS) is 21.3. The van der Waals surface area contributed by atoms with Crippen LogP contribution in [0.3, 0.4) is 0 Å². The number of carboxylic acid groups (broad SMARTS) is 1. The Hall–Kier alpha value is -1.75. The van der Waals surface area contributed by atoms with E-state index in [1.54, 1.807) is 45.0 Å². The molecule has 0 spiro atoms. The third-order valence-electron chi connectivity index (χ3n) is 3.91. The van der Waals surface area contributed by atoms with Crippen LogP contribution in [-0.2, 0) is 16.0 Å². The van der Waals surface area contributed by atoms with E-state index in [2.05, 4.69) is 0 Å². The molecule has 23 heavy (non-hydrogen) atoms. The molecule has 1 heterocycles. The molecule has 1 aliphatic heterocycles. The number of hydrogen-bond acceptors (Lipinski definition) is 3. The van der Waals surface area contributed by atoms with Gasteiger partial charge in [0.15, 0.2) is 0 Å². The Kier molecular flexibility index (Phi) is 4.90. The molecule has 5 nitrogen and oxygen atoms in total. The molecule has 1 aromatic carbocycles. The lowest BCUT2D eigenvalue weighted by Crippen LogP contribution is -2.55. The minimum atomic E-state index is -1.27. The van der Waals surface area contributed by atoms with Gasteiger partial charge in [0, 0.05) is 18.0 Å². The molecule has 1 amide bonds. The number of amides is 1.